The third-order valence-corrected chi connectivity index (χ3v) is 6.08. The van der Waals surface area contributed by atoms with Crippen molar-refractivity contribution in [2.24, 2.45) is 5.92 Å². The van der Waals surface area contributed by atoms with E-state index in [1.165, 1.54) is 24.5 Å². The summed E-state index contributed by atoms with van der Waals surface area (Å²) in [4.78, 5) is 25.0. The second kappa shape index (κ2) is 8.31. The first-order valence-corrected chi connectivity index (χ1v) is 10.3. The molecular weight excluding hydrogens is 391 g/mol. The quantitative estimate of drug-likeness (QED) is 0.602. The van der Waals surface area contributed by atoms with Crippen LogP contribution in [0, 0.1) is 11.7 Å². The number of methoxy groups -OCH3 is 1. The van der Waals surface area contributed by atoms with Gasteiger partial charge in [-0.3, -0.25) is 9.59 Å². The van der Waals surface area contributed by atoms with E-state index in [2.05, 4.69) is 10.6 Å². The first-order chi connectivity index (χ1) is 14.1. The van der Waals surface area contributed by atoms with E-state index in [4.69, 9.17) is 4.74 Å². The lowest BCUT2D eigenvalue weighted by Crippen LogP contribution is -2.23. The number of amides is 2. The van der Waals surface area contributed by atoms with E-state index < -0.39 is 0 Å². The average Bonchev–Trinajstić information content (AvgIpc) is 3.50. The van der Waals surface area contributed by atoms with Crippen LogP contribution in [0.3, 0.4) is 0 Å². The standard InChI is InChI=1S/C22H21FN2O3S/c1-28-12-16-19-17(23)3-2-4-18(19)29-20(16)22(27)24-11-13-5-9-15(10-6-13)25-21(26)14-7-8-14/h2-6,9-10,14H,7-8,11-12H2,1H3,(H,24,27)(H,25,26). The molecule has 3 aromatic rings. The van der Waals surface area contributed by atoms with Crippen molar-refractivity contribution in [3.8, 4) is 0 Å². The molecule has 150 valence electrons. The second-order valence-corrected chi connectivity index (χ2v) is 8.15. The topological polar surface area (TPSA) is 67.4 Å². The van der Waals surface area contributed by atoms with Gasteiger partial charge in [0.2, 0.25) is 5.91 Å². The van der Waals surface area contributed by atoms with Crippen molar-refractivity contribution in [3.05, 3.63) is 64.3 Å². The summed E-state index contributed by atoms with van der Waals surface area (Å²) in [5, 5.41) is 6.22. The van der Waals surface area contributed by atoms with Crippen molar-refractivity contribution in [1.29, 1.82) is 0 Å². The Hall–Kier alpha value is -2.77. The number of hydrogen-bond donors (Lipinski definition) is 2. The number of rotatable bonds is 7. The van der Waals surface area contributed by atoms with Gasteiger partial charge in [-0.05, 0) is 42.7 Å². The molecule has 7 heteroatoms. The van der Waals surface area contributed by atoms with E-state index in [9.17, 15) is 14.0 Å². The van der Waals surface area contributed by atoms with Gasteiger partial charge in [0, 0.05) is 40.9 Å². The Labute approximate surface area is 171 Å². The Balaban J connectivity index is 1.45. The predicted molar refractivity (Wildman–Crippen MR) is 111 cm³/mol. The number of thiophene rings is 1. The van der Waals surface area contributed by atoms with Crippen LogP contribution in [0.15, 0.2) is 42.5 Å². The number of anilines is 1. The molecule has 1 heterocycles. The Morgan fingerprint density at radius 2 is 1.93 bits per heavy atom. The fraction of sp³-hybridized carbons (Fsp3) is 0.273. The summed E-state index contributed by atoms with van der Waals surface area (Å²) in [6.07, 6.45) is 1.92. The van der Waals surface area contributed by atoms with Gasteiger partial charge in [-0.15, -0.1) is 11.3 Å². The molecule has 0 spiro atoms. The van der Waals surface area contributed by atoms with Crippen LogP contribution in [0.25, 0.3) is 10.1 Å². The van der Waals surface area contributed by atoms with Crippen molar-refractivity contribution < 1.29 is 18.7 Å². The fourth-order valence-corrected chi connectivity index (χ4v) is 4.33. The van der Waals surface area contributed by atoms with Crippen molar-refractivity contribution in [2.45, 2.75) is 26.0 Å². The summed E-state index contributed by atoms with van der Waals surface area (Å²) in [5.74, 6) is -0.396. The SMILES string of the molecule is COCc1c(C(=O)NCc2ccc(NC(=O)C3CC3)cc2)sc2cccc(F)c12. The lowest BCUT2D eigenvalue weighted by atomic mass is 10.1. The predicted octanol–water partition coefficient (Wildman–Crippen LogP) is 4.47. The van der Waals surface area contributed by atoms with E-state index in [0.29, 0.717) is 22.4 Å². The van der Waals surface area contributed by atoms with Gasteiger partial charge >= 0.3 is 0 Å². The third-order valence-electron chi connectivity index (χ3n) is 4.88. The van der Waals surface area contributed by atoms with Gasteiger partial charge in [-0.1, -0.05) is 18.2 Å². The zero-order chi connectivity index (χ0) is 20.4. The molecule has 0 atom stereocenters. The van der Waals surface area contributed by atoms with Crippen molar-refractivity contribution in [2.75, 3.05) is 12.4 Å². The van der Waals surface area contributed by atoms with Crippen molar-refractivity contribution >= 4 is 38.9 Å². The highest BCUT2D eigenvalue weighted by molar-refractivity contribution is 7.21. The summed E-state index contributed by atoms with van der Waals surface area (Å²) in [7, 11) is 1.52. The Bertz CT molecular complexity index is 1060. The van der Waals surface area contributed by atoms with Gasteiger partial charge in [-0.25, -0.2) is 4.39 Å². The number of fused-ring (bicyclic) bond motifs is 1. The van der Waals surface area contributed by atoms with E-state index >= 15 is 0 Å². The number of benzene rings is 2. The lowest BCUT2D eigenvalue weighted by Gasteiger charge is -2.08. The van der Waals surface area contributed by atoms with Gasteiger partial charge in [0.05, 0.1) is 11.5 Å². The summed E-state index contributed by atoms with van der Waals surface area (Å²) >= 11 is 1.26. The molecule has 0 unspecified atom stereocenters. The molecule has 0 saturated heterocycles. The molecule has 1 fully saturated rings. The number of ether oxygens (including phenoxy) is 1. The molecule has 2 amide bonds. The van der Waals surface area contributed by atoms with Crippen LogP contribution in [0.1, 0.15) is 33.6 Å². The van der Waals surface area contributed by atoms with Gasteiger partial charge in [0.15, 0.2) is 0 Å². The van der Waals surface area contributed by atoms with E-state index in [1.54, 1.807) is 12.1 Å². The lowest BCUT2D eigenvalue weighted by molar-refractivity contribution is -0.117. The minimum atomic E-state index is -0.353. The molecule has 5 nitrogen and oxygen atoms in total. The summed E-state index contributed by atoms with van der Waals surface area (Å²) in [5.41, 5.74) is 2.23. The van der Waals surface area contributed by atoms with Gasteiger partial charge in [-0.2, -0.15) is 0 Å². The number of halogens is 1. The Morgan fingerprint density at radius 1 is 1.17 bits per heavy atom. The number of carbonyl (C=O) groups excluding carboxylic acids is 2. The molecule has 29 heavy (non-hydrogen) atoms. The maximum Gasteiger partial charge on any atom is 0.262 e. The van der Waals surface area contributed by atoms with Crippen LogP contribution in [-0.4, -0.2) is 18.9 Å². The molecule has 1 saturated carbocycles. The van der Waals surface area contributed by atoms with Crippen LogP contribution in [0.4, 0.5) is 10.1 Å². The zero-order valence-corrected chi connectivity index (χ0v) is 16.8. The average molecular weight is 412 g/mol. The van der Waals surface area contributed by atoms with Crippen LogP contribution in [0.2, 0.25) is 0 Å². The van der Waals surface area contributed by atoms with Crippen molar-refractivity contribution in [1.82, 2.24) is 5.32 Å². The first-order valence-electron chi connectivity index (χ1n) is 9.43. The maximum absolute atomic E-state index is 14.3. The van der Waals surface area contributed by atoms with E-state index in [0.717, 1.165) is 28.8 Å². The molecule has 0 aliphatic heterocycles. The minimum absolute atomic E-state index is 0.0636. The summed E-state index contributed by atoms with van der Waals surface area (Å²) in [6, 6.07) is 12.2. The molecule has 4 rings (SSSR count). The number of nitrogens with one attached hydrogen (secondary N) is 2. The largest absolute Gasteiger partial charge is 0.380 e. The Kier molecular flexibility index (Phi) is 5.60. The smallest absolute Gasteiger partial charge is 0.262 e. The highest BCUT2D eigenvalue weighted by Gasteiger charge is 2.29. The highest BCUT2D eigenvalue weighted by Crippen LogP contribution is 2.34. The summed E-state index contributed by atoms with van der Waals surface area (Å²) in [6.45, 7) is 0.498. The molecule has 1 aliphatic rings. The minimum Gasteiger partial charge on any atom is -0.380 e. The molecule has 1 aromatic heterocycles. The molecule has 0 radical (unpaired) electrons. The van der Waals surface area contributed by atoms with Gasteiger partial charge < -0.3 is 15.4 Å². The summed E-state index contributed by atoms with van der Waals surface area (Å²) < 4.78 is 20.2. The van der Waals surface area contributed by atoms with Crippen molar-refractivity contribution in [3.63, 3.8) is 0 Å². The number of carbonyl (C=O) groups is 2. The fourth-order valence-electron chi connectivity index (χ4n) is 3.19. The molecule has 0 bridgehead atoms. The van der Waals surface area contributed by atoms with E-state index in [1.807, 2.05) is 24.3 Å². The highest BCUT2D eigenvalue weighted by atomic mass is 32.1. The van der Waals surface area contributed by atoms with Crippen LogP contribution >= 0.6 is 11.3 Å². The Morgan fingerprint density at radius 3 is 2.62 bits per heavy atom. The zero-order valence-electron chi connectivity index (χ0n) is 16.0. The van der Waals surface area contributed by atoms with Crippen LogP contribution in [-0.2, 0) is 22.7 Å². The van der Waals surface area contributed by atoms with Crippen LogP contribution in [0.5, 0.6) is 0 Å². The van der Waals surface area contributed by atoms with Crippen LogP contribution < -0.4 is 10.6 Å². The van der Waals surface area contributed by atoms with Gasteiger partial charge in [0.1, 0.15) is 5.82 Å². The van der Waals surface area contributed by atoms with Gasteiger partial charge in [0.25, 0.3) is 5.91 Å². The van der Waals surface area contributed by atoms with E-state index in [-0.39, 0.29) is 30.2 Å². The second-order valence-electron chi connectivity index (χ2n) is 7.10. The first kappa shape index (κ1) is 19.5. The normalized spacial score (nSPS) is 13.4. The molecular formula is C22H21FN2O3S. The molecule has 1 aliphatic carbocycles. The number of hydrogen-bond acceptors (Lipinski definition) is 4. The third kappa shape index (κ3) is 4.31. The molecule has 2 N–H and O–H groups in total. The maximum atomic E-state index is 14.3. The monoisotopic (exact) mass is 412 g/mol. The molecule has 2 aromatic carbocycles.